The quantitative estimate of drug-likeness (QED) is 0.383. The first-order valence-corrected chi connectivity index (χ1v) is 13.1. The Morgan fingerprint density at radius 2 is 2.06 bits per heavy atom. The molecule has 1 amide bonds. The average Bonchev–Trinajstić information content (AvgIpc) is 3.51. The zero-order valence-corrected chi connectivity index (χ0v) is 21.7. The molecule has 8 nitrogen and oxygen atoms in total. The van der Waals surface area contributed by atoms with Gasteiger partial charge in [0.1, 0.15) is 11.5 Å². The molecular weight excluding hydrogens is 480 g/mol. The Bertz CT molecular complexity index is 1200. The first kappa shape index (κ1) is 25.8. The molecule has 0 saturated carbocycles. The van der Waals surface area contributed by atoms with Crippen LogP contribution >= 0.6 is 11.3 Å². The number of carbonyl (C=O) groups excluding carboxylic acids is 1. The van der Waals surface area contributed by atoms with E-state index in [-0.39, 0.29) is 18.4 Å². The highest BCUT2D eigenvalue weighted by Gasteiger charge is 2.27. The molecule has 0 atom stereocenters. The van der Waals surface area contributed by atoms with Gasteiger partial charge in [-0.3, -0.25) is 4.79 Å². The Morgan fingerprint density at radius 3 is 2.78 bits per heavy atom. The van der Waals surface area contributed by atoms with E-state index in [4.69, 9.17) is 13.9 Å². The number of aryl methyl sites for hydroxylation is 2. The molecule has 192 valence electrons. The first-order chi connectivity index (χ1) is 17.3. The van der Waals surface area contributed by atoms with E-state index in [0.29, 0.717) is 51.5 Å². The Labute approximate surface area is 214 Å². The molecule has 1 aromatic carbocycles. The van der Waals surface area contributed by atoms with Crippen molar-refractivity contribution >= 4 is 23.4 Å². The molecule has 0 unspecified atom stereocenters. The molecule has 2 aromatic heterocycles. The minimum absolute atomic E-state index is 0.0302. The molecule has 0 spiro atoms. The van der Waals surface area contributed by atoms with E-state index < -0.39 is 5.97 Å². The number of rotatable bonds is 10. The third kappa shape index (κ3) is 6.26. The first-order valence-electron chi connectivity index (χ1n) is 12.2. The van der Waals surface area contributed by atoms with Crippen LogP contribution < -0.4 is 4.74 Å². The van der Waals surface area contributed by atoms with Gasteiger partial charge in [0.15, 0.2) is 0 Å². The number of benzene rings is 1. The van der Waals surface area contributed by atoms with E-state index >= 15 is 0 Å². The highest BCUT2D eigenvalue weighted by Crippen LogP contribution is 2.32. The molecule has 1 N–H and O–H groups in total. The Hall–Kier alpha value is -3.33. The van der Waals surface area contributed by atoms with E-state index in [1.807, 2.05) is 50.4 Å². The summed E-state index contributed by atoms with van der Waals surface area (Å²) in [6.45, 7) is 7.60. The molecule has 36 heavy (non-hydrogen) atoms. The molecule has 0 aliphatic carbocycles. The molecule has 3 aromatic rings. The van der Waals surface area contributed by atoms with Gasteiger partial charge in [-0.15, -0.1) is 11.3 Å². The van der Waals surface area contributed by atoms with Crippen LogP contribution in [-0.2, 0) is 35.3 Å². The second kappa shape index (κ2) is 11.6. The number of aliphatic carboxylic acids is 1. The maximum absolute atomic E-state index is 12.6. The number of ether oxygens (including phenoxy) is 2. The van der Waals surface area contributed by atoms with E-state index in [1.165, 1.54) is 0 Å². The number of fused-ring (bicyclic) bond motifs is 1. The molecule has 0 fully saturated rings. The van der Waals surface area contributed by atoms with Crippen LogP contribution in [0.1, 0.15) is 48.4 Å². The predicted molar refractivity (Wildman–Crippen MR) is 136 cm³/mol. The lowest BCUT2D eigenvalue weighted by Crippen LogP contribution is -2.37. The normalized spacial score (nSPS) is 13.1. The van der Waals surface area contributed by atoms with E-state index in [0.717, 1.165) is 38.8 Å². The van der Waals surface area contributed by atoms with Crippen LogP contribution in [0.4, 0.5) is 4.79 Å². The van der Waals surface area contributed by atoms with Crippen molar-refractivity contribution in [2.75, 3.05) is 19.8 Å². The van der Waals surface area contributed by atoms with E-state index in [9.17, 15) is 14.7 Å². The van der Waals surface area contributed by atoms with Crippen LogP contribution in [-0.4, -0.2) is 46.8 Å². The number of carboxylic acids is 1. The Balaban J connectivity index is 1.47. The standard InChI is InChI=1S/C27H32N2O6S/c1-17(2)16-34-27(32)29-12-10-20-21(15-29)19(7-9-25(30)31)6-8-23(20)33-13-11-22-18(3)35-26(28-22)24-5-4-14-36-24/h4-6,8,14,17H,7,9-13,15-16H2,1-3H3,(H,30,31). The van der Waals surface area contributed by atoms with Crippen molar-refractivity contribution < 1.29 is 28.6 Å². The molecule has 0 bridgehead atoms. The average molecular weight is 513 g/mol. The fourth-order valence-electron chi connectivity index (χ4n) is 4.23. The van der Waals surface area contributed by atoms with Gasteiger partial charge in [0.2, 0.25) is 5.89 Å². The number of amides is 1. The molecule has 1 aliphatic heterocycles. The summed E-state index contributed by atoms with van der Waals surface area (Å²) < 4.78 is 17.4. The maximum Gasteiger partial charge on any atom is 0.410 e. The summed E-state index contributed by atoms with van der Waals surface area (Å²) in [5, 5.41) is 11.2. The van der Waals surface area contributed by atoms with Crippen molar-refractivity contribution in [2.45, 2.75) is 53.0 Å². The summed E-state index contributed by atoms with van der Waals surface area (Å²) in [5.74, 6) is 1.58. The fraction of sp³-hybridized carbons (Fsp3) is 0.444. The van der Waals surface area contributed by atoms with Crippen molar-refractivity contribution in [3.63, 3.8) is 0 Å². The van der Waals surface area contributed by atoms with Crippen molar-refractivity contribution in [3.8, 4) is 16.5 Å². The molecule has 3 heterocycles. The topological polar surface area (TPSA) is 102 Å². The van der Waals surface area contributed by atoms with Crippen LogP contribution in [0.2, 0.25) is 0 Å². The lowest BCUT2D eigenvalue weighted by atomic mass is 9.92. The van der Waals surface area contributed by atoms with E-state index in [1.54, 1.807) is 16.2 Å². The van der Waals surface area contributed by atoms with Gasteiger partial charge < -0.3 is 23.9 Å². The maximum atomic E-state index is 12.6. The molecule has 0 radical (unpaired) electrons. The van der Waals surface area contributed by atoms with Gasteiger partial charge in [-0.2, -0.15) is 0 Å². The zero-order chi connectivity index (χ0) is 25.7. The van der Waals surface area contributed by atoms with Gasteiger partial charge in [0, 0.05) is 31.5 Å². The second-order valence-corrected chi connectivity index (χ2v) is 10.3. The number of hydrogen-bond donors (Lipinski definition) is 1. The summed E-state index contributed by atoms with van der Waals surface area (Å²) in [6, 6.07) is 7.78. The minimum Gasteiger partial charge on any atom is -0.493 e. The molecule has 9 heteroatoms. The van der Waals surface area contributed by atoms with Crippen LogP contribution in [0.5, 0.6) is 5.75 Å². The smallest absolute Gasteiger partial charge is 0.410 e. The van der Waals surface area contributed by atoms with Gasteiger partial charge in [-0.25, -0.2) is 9.78 Å². The summed E-state index contributed by atoms with van der Waals surface area (Å²) >= 11 is 1.59. The third-order valence-corrected chi connectivity index (χ3v) is 6.95. The van der Waals surface area contributed by atoms with Crippen LogP contribution in [0.25, 0.3) is 10.8 Å². The predicted octanol–water partition coefficient (Wildman–Crippen LogP) is 5.50. The van der Waals surface area contributed by atoms with Crippen molar-refractivity contribution in [3.05, 3.63) is 57.8 Å². The third-order valence-electron chi connectivity index (χ3n) is 6.09. The van der Waals surface area contributed by atoms with Crippen LogP contribution in [0.15, 0.2) is 34.1 Å². The lowest BCUT2D eigenvalue weighted by Gasteiger charge is -2.31. The number of oxazole rings is 1. The van der Waals surface area contributed by atoms with Gasteiger partial charge in [-0.1, -0.05) is 26.0 Å². The van der Waals surface area contributed by atoms with Gasteiger partial charge >= 0.3 is 12.1 Å². The fourth-order valence-corrected chi connectivity index (χ4v) is 4.88. The largest absolute Gasteiger partial charge is 0.493 e. The number of carboxylic acid groups (broad SMARTS) is 1. The molecule has 4 rings (SSSR count). The summed E-state index contributed by atoms with van der Waals surface area (Å²) in [4.78, 5) is 31.1. The Morgan fingerprint density at radius 1 is 1.22 bits per heavy atom. The number of nitrogens with zero attached hydrogens (tertiary/aromatic N) is 2. The van der Waals surface area contributed by atoms with Crippen molar-refractivity contribution in [2.24, 2.45) is 5.92 Å². The number of carbonyl (C=O) groups is 2. The Kier molecular flexibility index (Phi) is 8.30. The van der Waals surface area contributed by atoms with Crippen LogP contribution in [0, 0.1) is 12.8 Å². The molecular formula is C27H32N2O6S. The van der Waals surface area contributed by atoms with Crippen molar-refractivity contribution in [1.82, 2.24) is 9.88 Å². The zero-order valence-electron chi connectivity index (χ0n) is 20.9. The van der Waals surface area contributed by atoms with Gasteiger partial charge in [0.05, 0.1) is 23.8 Å². The number of aromatic nitrogens is 1. The van der Waals surface area contributed by atoms with Gasteiger partial charge in [0.25, 0.3) is 0 Å². The minimum atomic E-state index is -0.849. The number of thiophene rings is 1. The van der Waals surface area contributed by atoms with Crippen molar-refractivity contribution in [1.29, 1.82) is 0 Å². The highest BCUT2D eigenvalue weighted by molar-refractivity contribution is 7.13. The van der Waals surface area contributed by atoms with Crippen LogP contribution in [0.3, 0.4) is 0 Å². The van der Waals surface area contributed by atoms with E-state index in [2.05, 4.69) is 4.98 Å². The van der Waals surface area contributed by atoms with Gasteiger partial charge in [-0.05, 0) is 54.3 Å². The number of hydrogen-bond acceptors (Lipinski definition) is 7. The lowest BCUT2D eigenvalue weighted by molar-refractivity contribution is -0.136. The SMILES string of the molecule is Cc1oc(-c2cccs2)nc1CCOc1ccc(CCC(=O)O)c2c1CCN(C(=O)OCC(C)C)C2. The highest BCUT2D eigenvalue weighted by atomic mass is 32.1. The molecule has 0 saturated heterocycles. The summed E-state index contributed by atoms with van der Waals surface area (Å²) in [6.07, 6.45) is 1.31. The second-order valence-electron chi connectivity index (χ2n) is 9.31. The monoisotopic (exact) mass is 512 g/mol. The summed E-state index contributed by atoms with van der Waals surface area (Å²) in [5.41, 5.74) is 3.78. The summed E-state index contributed by atoms with van der Waals surface area (Å²) in [7, 11) is 0. The molecule has 1 aliphatic rings.